The molecule has 4 heteroatoms. The highest BCUT2D eigenvalue weighted by molar-refractivity contribution is 6.33. The molecule has 0 saturated heterocycles. The lowest BCUT2D eigenvalue weighted by atomic mass is 10.0. The first-order chi connectivity index (χ1) is 8.24. The van der Waals surface area contributed by atoms with Gasteiger partial charge in [-0.05, 0) is 29.3 Å². The van der Waals surface area contributed by atoms with E-state index in [1.54, 1.807) is 7.11 Å². The quantitative estimate of drug-likeness (QED) is 0.927. The number of rotatable bonds is 3. The number of halogens is 2. The van der Waals surface area contributed by atoms with E-state index in [2.05, 4.69) is 0 Å². The van der Waals surface area contributed by atoms with Crippen molar-refractivity contribution in [3.05, 3.63) is 53.1 Å². The second-order valence-corrected chi connectivity index (χ2v) is 4.15. The molecule has 0 saturated carbocycles. The molecule has 0 atom stereocenters. The van der Waals surface area contributed by atoms with Crippen molar-refractivity contribution in [3.63, 3.8) is 0 Å². The second kappa shape index (κ2) is 6.64. The van der Waals surface area contributed by atoms with E-state index in [0.29, 0.717) is 11.6 Å². The Labute approximate surface area is 118 Å². The summed E-state index contributed by atoms with van der Waals surface area (Å²) in [5, 5.41) is 0.685. The summed E-state index contributed by atoms with van der Waals surface area (Å²) in [5.74, 6) is 0.761. The Kier molecular flexibility index (Phi) is 5.48. The molecule has 2 nitrogen and oxygen atoms in total. The van der Waals surface area contributed by atoms with Gasteiger partial charge >= 0.3 is 0 Å². The minimum absolute atomic E-state index is 0. The average Bonchev–Trinajstić information content (AvgIpc) is 2.39. The first kappa shape index (κ1) is 14.8. The van der Waals surface area contributed by atoms with Crippen LogP contribution in [0.3, 0.4) is 0 Å². The minimum Gasteiger partial charge on any atom is -0.497 e. The van der Waals surface area contributed by atoms with Gasteiger partial charge in [0.15, 0.2) is 0 Å². The maximum atomic E-state index is 6.21. The third kappa shape index (κ3) is 3.16. The fraction of sp³-hybridized carbons (Fsp3) is 0.143. The second-order valence-electron chi connectivity index (χ2n) is 3.75. The van der Waals surface area contributed by atoms with E-state index < -0.39 is 0 Å². The van der Waals surface area contributed by atoms with Crippen molar-refractivity contribution in [2.24, 2.45) is 5.73 Å². The van der Waals surface area contributed by atoms with Gasteiger partial charge in [0.1, 0.15) is 5.75 Å². The maximum absolute atomic E-state index is 6.21. The Morgan fingerprint density at radius 1 is 1.11 bits per heavy atom. The van der Waals surface area contributed by atoms with Crippen LogP contribution in [0.1, 0.15) is 5.56 Å². The van der Waals surface area contributed by atoms with Crippen molar-refractivity contribution >= 4 is 24.0 Å². The molecule has 0 heterocycles. The van der Waals surface area contributed by atoms with Gasteiger partial charge in [0, 0.05) is 12.1 Å². The van der Waals surface area contributed by atoms with Crippen LogP contribution in [0.25, 0.3) is 11.1 Å². The average molecular weight is 284 g/mol. The Balaban J connectivity index is 0.00000162. The zero-order valence-electron chi connectivity index (χ0n) is 10.0. The summed E-state index contributed by atoms with van der Waals surface area (Å²) in [4.78, 5) is 0. The molecule has 2 aromatic rings. The van der Waals surface area contributed by atoms with Crippen molar-refractivity contribution in [2.75, 3.05) is 7.11 Å². The highest BCUT2D eigenvalue weighted by Crippen LogP contribution is 2.31. The monoisotopic (exact) mass is 283 g/mol. The van der Waals surface area contributed by atoms with Crippen molar-refractivity contribution in [3.8, 4) is 16.9 Å². The first-order valence-electron chi connectivity index (χ1n) is 5.37. The lowest BCUT2D eigenvalue weighted by Gasteiger charge is -2.07. The van der Waals surface area contributed by atoms with Crippen molar-refractivity contribution in [1.29, 1.82) is 0 Å². The van der Waals surface area contributed by atoms with E-state index in [1.165, 1.54) is 0 Å². The molecule has 0 unspecified atom stereocenters. The van der Waals surface area contributed by atoms with Crippen LogP contribution in [0.4, 0.5) is 0 Å². The Morgan fingerprint density at radius 3 is 2.28 bits per heavy atom. The standard InChI is InChI=1S/C14H14ClNO.ClH/c1-17-12-6-7-13(14(15)8-12)11-4-2-10(9-16)3-5-11;/h2-8H,9,16H2,1H3;1H. The van der Waals surface area contributed by atoms with Gasteiger partial charge in [-0.3, -0.25) is 0 Å². The van der Waals surface area contributed by atoms with Crippen LogP contribution < -0.4 is 10.5 Å². The lowest BCUT2D eigenvalue weighted by molar-refractivity contribution is 0.415. The van der Waals surface area contributed by atoms with Gasteiger partial charge in [0.05, 0.1) is 12.1 Å². The van der Waals surface area contributed by atoms with Crippen molar-refractivity contribution in [1.82, 2.24) is 0 Å². The maximum Gasteiger partial charge on any atom is 0.120 e. The Morgan fingerprint density at radius 2 is 1.78 bits per heavy atom. The smallest absolute Gasteiger partial charge is 0.120 e. The normalized spacial score (nSPS) is 9.72. The fourth-order valence-corrected chi connectivity index (χ4v) is 1.96. The third-order valence-electron chi connectivity index (χ3n) is 2.68. The fourth-order valence-electron chi connectivity index (χ4n) is 1.68. The van der Waals surface area contributed by atoms with E-state index in [4.69, 9.17) is 22.1 Å². The van der Waals surface area contributed by atoms with Gasteiger partial charge in [-0.25, -0.2) is 0 Å². The predicted octanol–water partition coefficient (Wildman–Crippen LogP) is 3.90. The van der Waals surface area contributed by atoms with Crippen LogP contribution in [0.5, 0.6) is 5.75 Å². The number of hydrogen-bond acceptors (Lipinski definition) is 2. The molecule has 96 valence electrons. The Bertz CT molecular complexity index is 512. The van der Waals surface area contributed by atoms with Crippen LogP contribution in [0.15, 0.2) is 42.5 Å². The van der Waals surface area contributed by atoms with Crippen molar-refractivity contribution in [2.45, 2.75) is 6.54 Å². The van der Waals surface area contributed by atoms with Gasteiger partial charge in [-0.1, -0.05) is 35.9 Å². The zero-order valence-corrected chi connectivity index (χ0v) is 11.6. The molecule has 2 rings (SSSR count). The number of hydrogen-bond donors (Lipinski definition) is 1. The molecule has 0 fully saturated rings. The number of ether oxygens (including phenoxy) is 1. The van der Waals surface area contributed by atoms with E-state index in [0.717, 1.165) is 22.4 Å². The van der Waals surface area contributed by atoms with Gasteiger partial charge in [-0.15, -0.1) is 12.4 Å². The van der Waals surface area contributed by atoms with Crippen LogP contribution >= 0.6 is 24.0 Å². The van der Waals surface area contributed by atoms with E-state index in [9.17, 15) is 0 Å². The summed E-state index contributed by atoms with van der Waals surface area (Å²) in [6.07, 6.45) is 0. The molecule has 18 heavy (non-hydrogen) atoms. The summed E-state index contributed by atoms with van der Waals surface area (Å²) in [6.45, 7) is 0.552. The summed E-state index contributed by atoms with van der Waals surface area (Å²) in [6, 6.07) is 13.7. The molecular formula is C14H15Cl2NO. The molecule has 0 aliphatic heterocycles. The van der Waals surface area contributed by atoms with Crippen LogP contribution in [-0.2, 0) is 6.54 Å². The molecule has 2 N–H and O–H groups in total. The molecule has 0 radical (unpaired) electrons. The van der Waals surface area contributed by atoms with E-state index >= 15 is 0 Å². The zero-order chi connectivity index (χ0) is 12.3. The topological polar surface area (TPSA) is 35.2 Å². The van der Waals surface area contributed by atoms with E-state index in [1.807, 2.05) is 42.5 Å². The van der Waals surface area contributed by atoms with Gasteiger partial charge < -0.3 is 10.5 Å². The SMILES string of the molecule is COc1ccc(-c2ccc(CN)cc2)c(Cl)c1.Cl. The third-order valence-corrected chi connectivity index (χ3v) is 2.99. The predicted molar refractivity (Wildman–Crippen MR) is 78.6 cm³/mol. The summed E-state index contributed by atoms with van der Waals surface area (Å²) in [5.41, 5.74) is 8.75. The van der Waals surface area contributed by atoms with Gasteiger partial charge in [0.2, 0.25) is 0 Å². The number of methoxy groups -OCH3 is 1. The molecular weight excluding hydrogens is 269 g/mol. The molecule has 0 bridgehead atoms. The highest BCUT2D eigenvalue weighted by Gasteiger charge is 2.04. The molecule has 0 aliphatic rings. The molecule has 0 aromatic heterocycles. The number of benzene rings is 2. The summed E-state index contributed by atoms with van der Waals surface area (Å²) >= 11 is 6.21. The lowest BCUT2D eigenvalue weighted by Crippen LogP contribution is -1.95. The summed E-state index contributed by atoms with van der Waals surface area (Å²) < 4.78 is 5.12. The van der Waals surface area contributed by atoms with E-state index in [-0.39, 0.29) is 12.4 Å². The Hall–Kier alpha value is -1.22. The van der Waals surface area contributed by atoms with Gasteiger partial charge in [0.25, 0.3) is 0 Å². The highest BCUT2D eigenvalue weighted by atomic mass is 35.5. The molecule has 0 spiro atoms. The first-order valence-corrected chi connectivity index (χ1v) is 5.75. The number of nitrogens with two attached hydrogens (primary N) is 1. The van der Waals surface area contributed by atoms with Crippen molar-refractivity contribution < 1.29 is 4.74 Å². The largest absolute Gasteiger partial charge is 0.497 e. The molecule has 0 aliphatic carbocycles. The summed E-state index contributed by atoms with van der Waals surface area (Å²) in [7, 11) is 1.63. The van der Waals surface area contributed by atoms with Crippen LogP contribution in [0, 0.1) is 0 Å². The molecule has 2 aromatic carbocycles. The van der Waals surface area contributed by atoms with Crippen LogP contribution in [0.2, 0.25) is 5.02 Å². The van der Waals surface area contributed by atoms with Crippen LogP contribution in [-0.4, -0.2) is 7.11 Å². The molecule has 0 amide bonds. The van der Waals surface area contributed by atoms with Gasteiger partial charge in [-0.2, -0.15) is 0 Å². The minimum atomic E-state index is 0.